The second-order valence-electron chi connectivity index (χ2n) is 4.20. The summed E-state index contributed by atoms with van der Waals surface area (Å²) >= 11 is 5.91. The summed E-state index contributed by atoms with van der Waals surface area (Å²) in [5, 5.41) is 0.825. The van der Waals surface area contributed by atoms with E-state index in [0.717, 1.165) is 12.1 Å². The second kappa shape index (κ2) is 4.52. The fourth-order valence-corrected chi connectivity index (χ4v) is 2.13. The molecule has 0 saturated heterocycles. The summed E-state index contributed by atoms with van der Waals surface area (Å²) in [4.78, 5) is 3.90. The Morgan fingerprint density at radius 2 is 1.90 bits per heavy atom. The van der Waals surface area contributed by atoms with Gasteiger partial charge in [0, 0.05) is 11.8 Å². The summed E-state index contributed by atoms with van der Waals surface area (Å²) in [6.45, 7) is 0. The number of halogens is 4. The molecule has 0 aliphatic heterocycles. The molecule has 6 heteroatoms. The van der Waals surface area contributed by atoms with Gasteiger partial charge >= 0.3 is 6.18 Å². The predicted molar refractivity (Wildman–Crippen MR) is 69.5 cm³/mol. The number of rotatable bonds is 1. The molecule has 2 aromatic heterocycles. The summed E-state index contributed by atoms with van der Waals surface area (Å²) < 4.78 is 43.6. The van der Waals surface area contributed by atoms with Gasteiger partial charge in [-0.3, -0.25) is 0 Å². The highest BCUT2D eigenvalue weighted by Gasteiger charge is 2.30. The summed E-state index contributed by atoms with van der Waals surface area (Å²) in [6, 6.07) is 8.14. The van der Waals surface area contributed by atoms with Gasteiger partial charge in [-0.2, -0.15) is 13.2 Å². The van der Waals surface area contributed by atoms with Gasteiger partial charge in [-0.25, -0.2) is 4.98 Å². The molecule has 0 aliphatic rings. The third kappa shape index (κ3) is 2.25. The molecule has 0 bridgehead atoms. The number of hydrogen-bond acceptors (Lipinski definition) is 2. The number of fused-ring (bicyclic) bond motifs is 1. The average molecular weight is 298 g/mol. The SMILES string of the molecule is FC(F)(F)c1cccc(-c2cc3c(Cl)nccc3o2)c1. The monoisotopic (exact) mass is 297 g/mol. The van der Waals surface area contributed by atoms with Crippen LogP contribution < -0.4 is 0 Å². The maximum absolute atomic E-state index is 12.7. The minimum Gasteiger partial charge on any atom is -0.456 e. The van der Waals surface area contributed by atoms with Gasteiger partial charge in [0.05, 0.1) is 10.9 Å². The number of hydrogen-bond donors (Lipinski definition) is 0. The zero-order chi connectivity index (χ0) is 14.3. The van der Waals surface area contributed by atoms with E-state index in [0.29, 0.717) is 22.3 Å². The number of pyridine rings is 1. The molecular weight excluding hydrogens is 291 g/mol. The fraction of sp³-hybridized carbons (Fsp3) is 0.0714. The fourth-order valence-electron chi connectivity index (χ4n) is 1.92. The molecule has 1 aromatic carbocycles. The zero-order valence-electron chi connectivity index (χ0n) is 9.91. The Kier molecular flexibility index (Phi) is 2.94. The van der Waals surface area contributed by atoms with Crippen molar-refractivity contribution in [3.63, 3.8) is 0 Å². The molecule has 102 valence electrons. The van der Waals surface area contributed by atoms with Crippen LogP contribution in [0.15, 0.2) is 47.0 Å². The topological polar surface area (TPSA) is 26.0 Å². The van der Waals surface area contributed by atoms with Gasteiger partial charge in [-0.05, 0) is 24.3 Å². The van der Waals surface area contributed by atoms with Gasteiger partial charge in [0.15, 0.2) is 0 Å². The van der Waals surface area contributed by atoms with Crippen LogP contribution in [0.1, 0.15) is 5.56 Å². The number of nitrogens with zero attached hydrogens (tertiary/aromatic N) is 1. The molecule has 0 aliphatic carbocycles. The number of alkyl halides is 3. The van der Waals surface area contributed by atoms with Crippen molar-refractivity contribution in [2.45, 2.75) is 6.18 Å². The maximum atomic E-state index is 12.7. The third-order valence-electron chi connectivity index (χ3n) is 2.87. The molecule has 0 unspecified atom stereocenters. The van der Waals surface area contributed by atoms with E-state index in [-0.39, 0.29) is 5.15 Å². The normalized spacial score (nSPS) is 12.0. The Hall–Kier alpha value is -2.01. The summed E-state index contributed by atoms with van der Waals surface area (Å²) in [5.41, 5.74) is 0.101. The predicted octanol–water partition coefficient (Wildman–Crippen LogP) is 5.17. The minimum atomic E-state index is -4.39. The van der Waals surface area contributed by atoms with E-state index in [1.807, 2.05) is 0 Å². The van der Waals surface area contributed by atoms with Crippen LogP contribution in [0.3, 0.4) is 0 Å². The number of furan rings is 1. The molecule has 0 spiro atoms. The van der Waals surface area contributed by atoms with E-state index in [4.69, 9.17) is 16.0 Å². The van der Waals surface area contributed by atoms with E-state index in [1.54, 1.807) is 18.2 Å². The van der Waals surface area contributed by atoms with Crippen LogP contribution in [0.25, 0.3) is 22.3 Å². The molecule has 2 nitrogen and oxygen atoms in total. The highest BCUT2D eigenvalue weighted by atomic mass is 35.5. The van der Waals surface area contributed by atoms with Crippen molar-refractivity contribution in [2.75, 3.05) is 0 Å². The van der Waals surface area contributed by atoms with Gasteiger partial charge in [0.1, 0.15) is 16.5 Å². The molecule has 3 aromatic rings. The van der Waals surface area contributed by atoms with Gasteiger partial charge in [-0.15, -0.1) is 0 Å². The first-order valence-electron chi connectivity index (χ1n) is 5.67. The van der Waals surface area contributed by atoms with Crippen molar-refractivity contribution in [2.24, 2.45) is 0 Å². The minimum absolute atomic E-state index is 0.254. The van der Waals surface area contributed by atoms with Gasteiger partial charge in [-0.1, -0.05) is 23.7 Å². The molecule has 0 radical (unpaired) electrons. The van der Waals surface area contributed by atoms with Crippen molar-refractivity contribution >= 4 is 22.6 Å². The van der Waals surface area contributed by atoms with Crippen LogP contribution in [-0.2, 0) is 6.18 Å². The smallest absolute Gasteiger partial charge is 0.416 e. The molecule has 2 heterocycles. The molecule has 20 heavy (non-hydrogen) atoms. The molecule has 0 saturated carbocycles. The summed E-state index contributed by atoms with van der Waals surface area (Å²) in [5.74, 6) is 0.320. The van der Waals surface area contributed by atoms with E-state index in [1.165, 1.54) is 12.3 Å². The average Bonchev–Trinajstić information content (AvgIpc) is 2.83. The van der Waals surface area contributed by atoms with Crippen molar-refractivity contribution in [3.8, 4) is 11.3 Å². The van der Waals surface area contributed by atoms with Gasteiger partial charge in [0.2, 0.25) is 0 Å². The Bertz CT molecular complexity index is 779. The Labute approximate surface area is 116 Å². The van der Waals surface area contributed by atoms with Crippen LogP contribution in [-0.4, -0.2) is 4.98 Å². The first-order valence-corrected chi connectivity index (χ1v) is 6.04. The molecule has 0 fully saturated rings. The highest BCUT2D eigenvalue weighted by Crippen LogP contribution is 2.35. The molecular formula is C14H7ClF3NO. The van der Waals surface area contributed by atoms with Crippen LogP contribution in [0.2, 0.25) is 5.15 Å². The van der Waals surface area contributed by atoms with Crippen LogP contribution in [0, 0.1) is 0 Å². The Morgan fingerprint density at radius 3 is 2.60 bits per heavy atom. The van der Waals surface area contributed by atoms with E-state index in [2.05, 4.69) is 4.98 Å². The van der Waals surface area contributed by atoms with Crippen LogP contribution in [0.5, 0.6) is 0 Å². The number of benzene rings is 1. The quantitative estimate of drug-likeness (QED) is 0.579. The Balaban J connectivity index is 2.14. The van der Waals surface area contributed by atoms with Crippen molar-refractivity contribution < 1.29 is 17.6 Å². The lowest BCUT2D eigenvalue weighted by atomic mass is 10.1. The lowest BCUT2D eigenvalue weighted by Gasteiger charge is -2.07. The Morgan fingerprint density at radius 1 is 1.10 bits per heavy atom. The standard InChI is InChI=1S/C14H7ClF3NO/c15-13-10-7-12(20-11(10)4-5-19-13)8-2-1-3-9(6-8)14(16,17)18/h1-7H. The van der Waals surface area contributed by atoms with Gasteiger partial charge < -0.3 is 4.42 Å². The molecule has 0 atom stereocenters. The first kappa shape index (κ1) is 13.0. The van der Waals surface area contributed by atoms with Crippen LogP contribution >= 0.6 is 11.6 Å². The first-order chi connectivity index (χ1) is 9.45. The lowest BCUT2D eigenvalue weighted by Crippen LogP contribution is -2.04. The number of aromatic nitrogens is 1. The van der Waals surface area contributed by atoms with Crippen molar-refractivity contribution in [1.82, 2.24) is 4.98 Å². The zero-order valence-corrected chi connectivity index (χ0v) is 10.7. The molecule has 0 N–H and O–H groups in total. The summed E-state index contributed by atoms with van der Waals surface area (Å²) in [6.07, 6.45) is -2.91. The largest absolute Gasteiger partial charge is 0.456 e. The van der Waals surface area contributed by atoms with E-state index < -0.39 is 11.7 Å². The van der Waals surface area contributed by atoms with Crippen LogP contribution in [0.4, 0.5) is 13.2 Å². The van der Waals surface area contributed by atoms with Gasteiger partial charge in [0.25, 0.3) is 0 Å². The molecule has 3 rings (SSSR count). The maximum Gasteiger partial charge on any atom is 0.416 e. The van der Waals surface area contributed by atoms with Crippen molar-refractivity contribution in [1.29, 1.82) is 0 Å². The summed E-state index contributed by atoms with van der Waals surface area (Å²) in [7, 11) is 0. The van der Waals surface area contributed by atoms with Crippen molar-refractivity contribution in [3.05, 3.63) is 53.3 Å². The lowest BCUT2D eigenvalue weighted by molar-refractivity contribution is -0.137. The highest BCUT2D eigenvalue weighted by molar-refractivity contribution is 6.34. The molecule has 0 amide bonds. The third-order valence-corrected chi connectivity index (χ3v) is 3.17. The van der Waals surface area contributed by atoms with E-state index in [9.17, 15) is 13.2 Å². The second-order valence-corrected chi connectivity index (χ2v) is 4.56. The van der Waals surface area contributed by atoms with E-state index >= 15 is 0 Å².